The molecule has 1 unspecified atom stereocenters. The van der Waals surface area contributed by atoms with E-state index < -0.39 is 13.9 Å². The summed E-state index contributed by atoms with van der Waals surface area (Å²) in [6, 6.07) is 12.3. The van der Waals surface area contributed by atoms with E-state index in [0.29, 0.717) is 42.6 Å². The molecule has 1 saturated heterocycles. The first-order valence-electron chi connectivity index (χ1n) is 9.93. The molecule has 0 saturated carbocycles. The van der Waals surface area contributed by atoms with Crippen molar-refractivity contribution in [2.75, 3.05) is 25.7 Å². The van der Waals surface area contributed by atoms with Crippen molar-refractivity contribution >= 4 is 26.1 Å². The monoisotopic (exact) mass is 488 g/mol. The molecule has 174 valence electrons. The van der Waals surface area contributed by atoms with Gasteiger partial charge in [-0.1, -0.05) is 24.3 Å². The average Bonchev–Trinajstić information content (AvgIpc) is 2.73. The van der Waals surface area contributed by atoms with Crippen LogP contribution in [0.4, 0.5) is 13.2 Å². The number of amides is 1. The minimum atomic E-state index is -4.75. The zero-order valence-corrected chi connectivity index (χ0v) is 19.1. The Labute approximate surface area is 190 Å². The molecule has 1 heterocycles. The summed E-state index contributed by atoms with van der Waals surface area (Å²) in [7, 11) is -2.87. The first-order chi connectivity index (χ1) is 15.1. The van der Waals surface area contributed by atoms with Crippen LogP contribution < -0.4 is 10.1 Å². The van der Waals surface area contributed by atoms with Gasteiger partial charge >= 0.3 is 6.36 Å². The molecule has 3 rings (SSSR count). The molecule has 1 aliphatic rings. The summed E-state index contributed by atoms with van der Waals surface area (Å²) in [5.41, 5.74) is 1.80. The normalized spacial score (nSPS) is 17.5. The van der Waals surface area contributed by atoms with Gasteiger partial charge in [-0.3, -0.25) is 9.36 Å². The lowest BCUT2D eigenvalue weighted by Gasteiger charge is -2.35. The number of ether oxygens (including phenoxy) is 1. The van der Waals surface area contributed by atoms with Gasteiger partial charge in [0.15, 0.2) is 0 Å². The molecule has 2 aromatic carbocycles. The Hall–Kier alpha value is -2.00. The van der Waals surface area contributed by atoms with E-state index >= 15 is 0 Å². The van der Waals surface area contributed by atoms with Gasteiger partial charge in [-0.05, 0) is 48.2 Å². The number of carbonyl (C=O) groups excluding carboxylic acids is 1. The van der Waals surface area contributed by atoms with Crippen molar-refractivity contribution in [1.29, 1.82) is 0 Å². The number of piperidine rings is 1. The molecule has 2 aromatic rings. The predicted octanol–water partition coefficient (Wildman–Crippen LogP) is 5.17. The summed E-state index contributed by atoms with van der Waals surface area (Å²) in [5.74, 6) is -0.467. The van der Waals surface area contributed by atoms with Crippen LogP contribution >= 0.6 is 20.1 Å². The summed E-state index contributed by atoms with van der Waals surface area (Å²) in [5, 5.41) is 3.00. The van der Waals surface area contributed by atoms with Crippen LogP contribution in [0.3, 0.4) is 0 Å². The Morgan fingerprint density at radius 2 is 1.81 bits per heavy atom. The number of hydrogen-bond acceptors (Lipinski definition) is 5. The molecule has 1 amide bonds. The van der Waals surface area contributed by atoms with Crippen molar-refractivity contribution in [1.82, 2.24) is 9.99 Å². The van der Waals surface area contributed by atoms with E-state index in [0.717, 1.165) is 0 Å². The van der Waals surface area contributed by atoms with Gasteiger partial charge in [0.1, 0.15) is 5.75 Å². The number of halogens is 3. The van der Waals surface area contributed by atoms with E-state index in [4.69, 9.17) is 4.52 Å². The van der Waals surface area contributed by atoms with Crippen molar-refractivity contribution in [2.45, 2.75) is 25.2 Å². The summed E-state index contributed by atoms with van der Waals surface area (Å²) in [6.07, 6.45) is -3.47. The highest BCUT2D eigenvalue weighted by Crippen LogP contribution is 2.48. The lowest BCUT2D eigenvalue weighted by molar-refractivity contribution is -0.274. The van der Waals surface area contributed by atoms with Crippen molar-refractivity contribution in [3.8, 4) is 16.9 Å². The molecule has 1 N–H and O–H groups in total. The Bertz CT molecular complexity index is 980. The van der Waals surface area contributed by atoms with E-state index in [1.165, 1.54) is 24.3 Å². The number of rotatable bonds is 7. The number of benzene rings is 2. The third kappa shape index (κ3) is 6.75. The van der Waals surface area contributed by atoms with Crippen LogP contribution in [0.2, 0.25) is 0 Å². The van der Waals surface area contributed by atoms with E-state index in [2.05, 4.69) is 22.7 Å². The van der Waals surface area contributed by atoms with Crippen molar-refractivity contribution in [3.63, 3.8) is 0 Å². The molecule has 6 nitrogen and oxygen atoms in total. The van der Waals surface area contributed by atoms with Gasteiger partial charge in [-0.25, -0.2) is 4.67 Å². The predicted molar refractivity (Wildman–Crippen MR) is 119 cm³/mol. The van der Waals surface area contributed by atoms with E-state index in [1.54, 1.807) is 35.6 Å². The number of thiol groups is 1. The quantitative estimate of drug-likeness (QED) is 0.320. The zero-order valence-electron chi connectivity index (χ0n) is 17.3. The van der Waals surface area contributed by atoms with Crippen molar-refractivity contribution in [2.24, 2.45) is 0 Å². The fourth-order valence-electron chi connectivity index (χ4n) is 3.52. The van der Waals surface area contributed by atoms with E-state index in [1.807, 2.05) is 0 Å². The molecular formula is C21H24F3N2O4PS. The van der Waals surface area contributed by atoms with Crippen LogP contribution in [-0.2, 0) is 9.09 Å². The minimum absolute atomic E-state index is 0.0581. The fraction of sp³-hybridized carbons (Fsp3) is 0.381. The van der Waals surface area contributed by atoms with Crippen LogP contribution in [0, 0.1) is 0 Å². The number of alkyl halides is 3. The molecule has 11 heteroatoms. The molecule has 32 heavy (non-hydrogen) atoms. The highest BCUT2D eigenvalue weighted by molar-refractivity contribution is 7.80. The van der Waals surface area contributed by atoms with Crippen molar-refractivity contribution in [3.05, 3.63) is 54.1 Å². The Morgan fingerprint density at radius 1 is 1.16 bits per heavy atom. The van der Waals surface area contributed by atoms with Gasteiger partial charge in [0, 0.05) is 31.4 Å². The van der Waals surface area contributed by atoms with E-state index in [9.17, 15) is 22.5 Å². The second-order valence-electron chi connectivity index (χ2n) is 7.42. The second-order valence-corrected chi connectivity index (χ2v) is 10.1. The van der Waals surface area contributed by atoms with Gasteiger partial charge < -0.3 is 14.6 Å². The fourth-order valence-corrected chi connectivity index (χ4v) is 5.50. The number of nitrogens with zero attached hydrogens (tertiary/aromatic N) is 1. The summed E-state index contributed by atoms with van der Waals surface area (Å²) in [6.45, 7) is 2.65. The largest absolute Gasteiger partial charge is 0.573 e. The molecule has 1 atom stereocenters. The minimum Gasteiger partial charge on any atom is -0.406 e. The zero-order chi connectivity index (χ0) is 23.4. The Kier molecular flexibility index (Phi) is 7.92. The van der Waals surface area contributed by atoms with E-state index in [-0.39, 0.29) is 23.6 Å². The van der Waals surface area contributed by atoms with Gasteiger partial charge in [0.05, 0.1) is 5.94 Å². The van der Waals surface area contributed by atoms with Crippen LogP contribution in [0.5, 0.6) is 5.75 Å². The lowest BCUT2D eigenvalue weighted by atomic mass is 10.0. The smallest absolute Gasteiger partial charge is 0.406 e. The lowest BCUT2D eigenvalue weighted by Crippen LogP contribution is -2.43. The maximum absolute atomic E-state index is 12.7. The highest BCUT2D eigenvalue weighted by Gasteiger charge is 2.32. The summed E-state index contributed by atoms with van der Waals surface area (Å²) in [4.78, 5) is 12.7. The Morgan fingerprint density at radius 3 is 2.41 bits per heavy atom. The first kappa shape index (κ1) is 24.6. The third-order valence-electron chi connectivity index (χ3n) is 5.16. The first-order valence-corrected chi connectivity index (χ1v) is 12.6. The molecule has 1 aliphatic heterocycles. The molecule has 0 radical (unpaired) electrons. The SMILES string of the molecule is CP(=O)(OCS)N1CCC(NC(=O)c2cccc(-c3ccc(OC(F)(F)F)cc3)c2)CC1. The van der Waals surface area contributed by atoms with Crippen LogP contribution in [0.15, 0.2) is 48.5 Å². The van der Waals surface area contributed by atoms with Crippen LogP contribution in [-0.4, -0.2) is 48.7 Å². The van der Waals surface area contributed by atoms with Gasteiger partial charge in [-0.15, -0.1) is 13.2 Å². The number of carbonyl (C=O) groups is 1. The molecule has 0 aliphatic carbocycles. The van der Waals surface area contributed by atoms with Crippen molar-refractivity contribution < 1.29 is 31.8 Å². The van der Waals surface area contributed by atoms with Gasteiger partial charge in [0.2, 0.25) is 0 Å². The molecule has 0 bridgehead atoms. The van der Waals surface area contributed by atoms with Gasteiger partial charge in [0.25, 0.3) is 13.4 Å². The molecule has 0 spiro atoms. The highest BCUT2D eigenvalue weighted by atomic mass is 32.1. The van der Waals surface area contributed by atoms with Crippen LogP contribution in [0.25, 0.3) is 11.1 Å². The maximum Gasteiger partial charge on any atom is 0.573 e. The third-order valence-corrected chi connectivity index (χ3v) is 7.53. The average molecular weight is 488 g/mol. The summed E-state index contributed by atoms with van der Waals surface area (Å²) < 4.78 is 60.4. The Balaban J connectivity index is 1.61. The molecular weight excluding hydrogens is 464 g/mol. The number of hydrogen-bond donors (Lipinski definition) is 2. The van der Waals surface area contributed by atoms with Gasteiger partial charge in [-0.2, -0.15) is 12.6 Å². The number of nitrogens with one attached hydrogen (secondary N) is 1. The standard InChI is InChI=1S/C21H24F3N2O4PS/c1-31(28,29-14-32)26-11-9-18(10-12-26)25-20(27)17-4-2-3-16(13-17)15-5-7-19(8-6-15)30-21(22,23)24/h2-8,13,18,32H,9-12,14H2,1H3,(H,25,27). The molecule has 0 aromatic heterocycles. The summed E-state index contributed by atoms with van der Waals surface area (Å²) >= 11 is 3.96. The maximum atomic E-state index is 12.7. The second kappa shape index (κ2) is 10.3. The molecule has 1 fully saturated rings. The topological polar surface area (TPSA) is 67.9 Å². The van der Waals surface area contributed by atoms with Crippen LogP contribution in [0.1, 0.15) is 23.2 Å².